The van der Waals surface area contributed by atoms with Crippen LogP contribution in [0.2, 0.25) is 0 Å². The van der Waals surface area contributed by atoms with Crippen molar-refractivity contribution in [2.45, 2.75) is 51.1 Å². The maximum Gasteiger partial charge on any atom is 0.261 e. The number of para-hydroxylation sites is 1. The third-order valence-electron chi connectivity index (χ3n) is 8.17. The number of benzene rings is 1. The highest BCUT2D eigenvalue weighted by Gasteiger charge is 2.38. The summed E-state index contributed by atoms with van der Waals surface area (Å²) in [5, 5.41) is 0.661. The van der Waals surface area contributed by atoms with E-state index in [4.69, 9.17) is 0 Å². The van der Waals surface area contributed by atoms with Crippen molar-refractivity contribution in [1.29, 1.82) is 0 Å². The van der Waals surface area contributed by atoms with Gasteiger partial charge in [0.2, 0.25) is 5.91 Å². The van der Waals surface area contributed by atoms with Crippen LogP contribution in [0.15, 0.2) is 58.4 Å². The van der Waals surface area contributed by atoms with Crippen molar-refractivity contribution in [3.8, 4) is 0 Å². The van der Waals surface area contributed by atoms with E-state index in [9.17, 15) is 14.4 Å². The minimum absolute atomic E-state index is 0.0167. The fraction of sp³-hybridized carbons (Fsp3) is 0.481. The number of rotatable bonds is 3. The van der Waals surface area contributed by atoms with E-state index in [0.717, 1.165) is 62.9 Å². The van der Waals surface area contributed by atoms with Gasteiger partial charge in [0.1, 0.15) is 0 Å². The van der Waals surface area contributed by atoms with Gasteiger partial charge in [0.25, 0.3) is 11.1 Å². The zero-order chi connectivity index (χ0) is 23.2. The normalized spacial score (nSPS) is 26.3. The molecular weight excluding hydrogens is 428 g/mol. The van der Waals surface area contributed by atoms with Crippen molar-refractivity contribution >= 4 is 16.8 Å². The van der Waals surface area contributed by atoms with Crippen LogP contribution in [0.3, 0.4) is 0 Å². The standard InChI is InChI=1S/C27H30N4O3/c32-25-7-3-6-24-21-12-19(15-31(24)25)14-29(16-21)26(33)20-10-8-18(9-11-20)13-30-17-28-23-5-2-1-4-22(23)27(30)34/h1-7,17-21H,8-16H2/t18?,19-,20?,21-/m0/s1. The number of hydrogen-bond donors (Lipinski definition) is 0. The summed E-state index contributed by atoms with van der Waals surface area (Å²) in [6.45, 7) is 2.86. The Labute approximate surface area is 198 Å². The molecule has 3 aromatic rings. The molecule has 34 heavy (non-hydrogen) atoms. The van der Waals surface area contributed by atoms with Gasteiger partial charge in [-0.1, -0.05) is 18.2 Å². The van der Waals surface area contributed by atoms with Gasteiger partial charge in [0, 0.05) is 49.8 Å². The van der Waals surface area contributed by atoms with E-state index in [1.54, 1.807) is 17.0 Å². The van der Waals surface area contributed by atoms with Crippen LogP contribution < -0.4 is 11.1 Å². The number of aromatic nitrogens is 3. The smallest absolute Gasteiger partial charge is 0.261 e. The summed E-state index contributed by atoms with van der Waals surface area (Å²) in [6, 6.07) is 13.0. The summed E-state index contributed by atoms with van der Waals surface area (Å²) in [5.74, 6) is 1.36. The number of hydrogen-bond acceptors (Lipinski definition) is 4. The van der Waals surface area contributed by atoms with Crippen LogP contribution in [0.1, 0.15) is 43.7 Å². The molecule has 2 fully saturated rings. The Bertz CT molecular complexity index is 1350. The first-order chi connectivity index (χ1) is 16.6. The van der Waals surface area contributed by atoms with Crippen molar-refractivity contribution < 1.29 is 4.79 Å². The van der Waals surface area contributed by atoms with Crippen molar-refractivity contribution in [2.75, 3.05) is 13.1 Å². The quantitative estimate of drug-likeness (QED) is 0.605. The Balaban J connectivity index is 1.09. The van der Waals surface area contributed by atoms with E-state index < -0.39 is 0 Å². The van der Waals surface area contributed by atoms with Gasteiger partial charge in [0.05, 0.1) is 17.2 Å². The van der Waals surface area contributed by atoms with E-state index >= 15 is 0 Å². The van der Waals surface area contributed by atoms with Gasteiger partial charge in [-0.3, -0.25) is 19.0 Å². The average molecular weight is 459 g/mol. The lowest BCUT2D eigenvalue weighted by atomic mass is 9.79. The molecule has 1 aromatic carbocycles. The van der Waals surface area contributed by atoms with Crippen LogP contribution in [0.25, 0.3) is 10.9 Å². The lowest BCUT2D eigenvalue weighted by Crippen LogP contribution is -2.50. The number of amides is 1. The number of carbonyl (C=O) groups is 1. The molecule has 0 radical (unpaired) electrons. The molecule has 2 aromatic heterocycles. The third-order valence-corrected chi connectivity index (χ3v) is 8.17. The fourth-order valence-electron chi connectivity index (χ4n) is 6.44. The summed E-state index contributed by atoms with van der Waals surface area (Å²) in [6.07, 6.45) is 6.39. The molecular formula is C27H30N4O3. The third kappa shape index (κ3) is 3.77. The van der Waals surface area contributed by atoms with Crippen LogP contribution in [0.4, 0.5) is 0 Å². The zero-order valence-corrected chi connectivity index (χ0v) is 19.3. The van der Waals surface area contributed by atoms with Crippen LogP contribution in [-0.2, 0) is 17.9 Å². The number of pyridine rings is 1. The summed E-state index contributed by atoms with van der Waals surface area (Å²) < 4.78 is 3.65. The highest BCUT2D eigenvalue weighted by atomic mass is 16.2. The number of carbonyl (C=O) groups excluding carboxylic acids is 1. The Hall–Kier alpha value is -3.22. The first kappa shape index (κ1) is 21.3. The largest absolute Gasteiger partial charge is 0.341 e. The summed E-state index contributed by atoms with van der Waals surface area (Å²) in [5.41, 5.74) is 1.91. The van der Waals surface area contributed by atoms with Gasteiger partial charge in [-0.15, -0.1) is 0 Å². The minimum atomic E-state index is 0.0167. The fourth-order valence-corrected chi connectivity index (χ4v) is 6.44. The Morgan fingerprint density at radius 1 is 0.941 bits per heavy atom. The van der Waals surface area contributed by atoms with Crippen molar-refractivity contribution in [2.24, 2.45) is 17.8 Å². The SMILES string of the molecule is O=C(C1CCC(Cn2cnc3ccccc3c2=O)CC1)N1C[C@@H]2C[C@@H](C1)c1cccc(=O)n1C2. The molecule has 4 heterocycles. The lowest BCUT2D eigenvalue weighted by molar-refractivity contribution is -0.139. The second kappa shape index (κ2) is 8.53. The van der Waals surface area contributed by atoms with Gasteiger partial charge in [-0.05, 0) is 62.1 Å². The zero-order valence-electron chi connectivity index (χ0n) is 19.3. The Morgan fingerprint density at radius 2 is 1.76 bits per heavy atom. The predicted octanol–water partition coefficient (Wildman–Crippen LogP) is 3.01. The number of fused-ring (bicyclic) bond motifs is 5. The van der Waals surface area contributed by atoms with Gasteiger partial charge in [-0.25, -0.2) is 4.98 Å². The molecule has 0 N–H and O–H groups in total. The number of likely N-dealkylation sites (tertiary alicyclic amines) is 1. The number of piperidine rings is 1. The first-order valence-electron chi connectivity index (χ1n) is 12.5. The molecule has 0 unspecified atom stereocenters. The summed E-state index contributed by atoms with van der Waals surface area (Å²) in [4.78, 5) is 45.0. The van der Waals surface area contributed by atoms with Gasteiger partial charge >= 0.3 is 0 Å². The van der Waals surface area contributed by atoms with E-state index in [2.05, 4.69) is 9.88 Å². The molecule has 3 aliphatic rings. The second-order valence-corrected chi connectivity index (χ2v) is 10.4. The van der Waals surface area contributed by atoms with Crippen molar-refractivity contribution in [3.05, 3.63) is 75.2 Å². The molecule has 7 heteroatoms. The number of nitrogens with zero attached hydrogens (tertiary/aromatic N) is 4. The maximum absolute atomic E-state index is 13.4. The molecule has 1 amide bonds. The molecule has 2 bridgehead atoms. The lowest BCUT2D eigenvalue weighted by Gasteiger charge is -2.44. The van der Waals surface area contributed by atoms with E-state index in [-0.39, 0.29) is 28.9 Å². The highest BCUT2D eigenvalue weighted by Crippen LogP contribution is 2.37. The molecule has 1 saturated carbocycles. The molecule has 176 valence electrons. The second-order valence-electron chi connectivity index (χ2n) is 10.4. The first-order valence-corrected chi connectivity index (χ1v) is 12.5. The molecule has 1 saturated heterocycles. The topological polar surface area (TPSA) is 77.2 Å². The minimum Gasteiger partial charge on any atom is -0.341 e. The summed E-state index contributed by atoms with van der Waals surface area (Å²) >= 11 is 0. The average Bonchev–Trinajstić information content (AvgIpc) is 2.86. The van der Waals surface area contributed by atoms with Crippen LogP contribution in [0, 0.1) is 17.8 Å². The van der Waals surface area contributed by atoms with Crippen LogP contribution in [0.5, 0.6) is 0 Å². The molecule has 0 spiro atoms. The molecule has 2 aliphatic heterocycles. The van der Waals surface area contributed by atoms with Crippen molar-refractivity contribution in [1.82, 2.24) is 19.0 Å². The van der Waals surface area contributed by atoms with E-state index in [1.807, 2.05) is 41.0 Å². The van der Waals surface area contributed by atoms with Crippen LogP contribution in [-0.4, -0.2) is 38.0 Å². The van der Waals surface area contributed by atoms with Gasteiger partial charge in [-0.2, -0.15) is 0 Å². The predicted molar refractivity (Wildman–Crippen MR) is 130 cm³/mol. The monoisotopic (exact) mass is 458 g/mol. The molecule has 7 nitrogen and oxygen atoms in total. The van der Waals surface area contributed by atoms with E-state index in [1.165, 1.54) is 0 Å². The molecule has 2 atom stereocenters. The van der Waals surface area contributed by atoms with E-state index in [0.29, 0.717) is 23.8 Å². The Kier molecular flexibility index (Phi) is 5.35. The summed E-state index contributed by atoms with van der Waals surface area (Å²) in [7, 11) is 0. The van der Waals surface area contributed by atoms with Gasteiger partial charge < -0.3 is 9.47 Å². The van der Waals surface area contributed by atoms with Crippen LogP contribution >= 0.6 is 0 Å². The highest BCUT2D eigenvalue weighted by molar-refractivity contribution is 5.79. The van der Waals surface area contributed by atoms with Gasteiger partial charge in [0.15, 0.2) is 0 Å². The van der Waals surface area contributed by atoms with Crippen molar-refractivity contribution in [3.63, 3.8) is 0 Å². The molecule has 6 rings (SSSR count). The Morgan fingerprint density at radius 3 is 2.62 bits per heavy atom. The maximum atomic E-state index is 13.4. The molecule has 1 aliphatic carbocycles.